The lowest BCUT2D eigenvalue weighted by atomic mass is 10.1. The Kier molecular flexibility index (Phi) is 3.57. The lowest BCUT2D eigenvalue weighted by molar-refractivity contribution is -0.137. The molecule has 2 rings (SSSR count). The number of nitrogens with one attached hydrogen (secondary N) is 1. The fourth-order valence-electron chi connectivity index (χ4n) is 1.91. The van der Waals surface area contributed by atoms with Crippen LogP contribution >= 0.6 is 0 Å². The zero-order chi connectivity index (χ0) is 12.3. The monoisotopic (exact) mass is 245 g/mol. The smallest absolute Gasteiger partial charge is 0.382 e. The van der Waals surface area contributed by atoms with Crippen molar-refractivity contribution in [2.24, 2.45) is 0 Å². The van der Waals surface area contributed by atoms with Crippen molar-refractivity contribution in [2.75, 3.05) is 18.5 Å². The van der Waals surface area contributed by atoms with Crippen molar-refractivity contribution in [3.05, 3.63) is 29.8 Å². The maximum atomic E-state index is 12.7. The van der Waals surface area contributed by atoms with Gasteiger partial charge in [-0.15, -0.1) is 0 Å². The molecule has 1 heterocycles. The van der Waals surface area contributed by atoms with Gasteiger partial charge < -0.3 is 10.1 Å². The van der Waals surface area contributed by atoms with E-state index in [2.05, 4.69) is 5.32 Å². The molecule has 0 aliphatic carbocycles. The molecule has 5 heteroatoms. The van der Waals surface area contributed by atoms with Gasteiger partial charge in [-0.25, -0.2) is 0 Å². The summed E-state index contributed by atoms with van der Waals surface area (Å²) >= 11 is 0. The summed E-state index contributed by atoms with van der Waals surface area (Å²) in [5.41, 5.74) is -0.506. The van der Waals surface area contributed by atoms with Crippen LogP contribution in [0.3, 0.4) is 0 Å². The molecule has 1 atom stereocenters. The summed E-state index contributed by atoms with van der Waals surface area (Å²) < 4.78 is 43.4. The van der Waals surface area contributed by atoms with Crippen molar-refractivity contribution in [1.29, 1.82) is 0 Å². The van der Waals surface area contributed by atoms with Crippen molar-refractivity contribution < 1.29 is 17.9 Å². The second-order valence-electron chi connectivity index (χ2n) is 4.06. The summed E-state index contributed by atoms with van der Waals surface area (Å²) in [6.45, 7) is 1.13. The molecule has 1 saturated heterocycles. The van der Waals surface area contributed by atoms with Crippen LogP contribution in [0.5, 0.6) is 0 Å². The summed E-state index contributed by atoms with van der Waals surface area (Å²) in [6, 6.07) is 5.50. The van der Waals surface area contributed by atoms with Gasteiger partial charge in [-0.2, -0.15) is 13.2 Å². The van der Waals surface area contributed by atoms with Crippen molar-refractivity contribution in [2.45, 2.75) is 25.1 Å². The lowest BCUT2D eigenvalue weighted by Crippen LogP contribution is -2.20. The van der Waals surface area contributed by atoms with E-state index in [4.69, 9.17) is 4.74 Å². The van der Waals surface area contributed by atoms with Crippen LogP contribution < -0.4 is 5.32 Å². The van der Waals surface area contributed by atoms with Gasteiger partial charge in [0.05, 0.1) is 11.7 Å². The van der Waals surface area contributed by atoms with Gasteiger partial charge in [-0.05, 0) is 25.0 Å². The average molecular weight is 245 g/mol. The topological polar surface area (TPSA) is 21.3 Å². The Morgan fingerprint density at radius 3 is 2.71 bits per heavy atom. The molecule has 0 spiro atoms. The van der Waals surface area contributed by atoms with Crippen molar-refractivity contribution in [3.8, 4) is 0 Å². The molecule has 2 nitrogen and oxygen atoms in total. The van der Waals surface area contributed by atoms with E-state index in [9.17, 15) is 13.2 Å². The van der Waals surface area contributed by atoms with E-state index in [1.165, 1.54) is 12.1 Å². The van der Waals surface area contributed by atoms with E-state index in [1.54, 1.807) is 6.07 Å². The number of rotatable bonds is 3. The highest BCUT2D eigenvalue weighted by molar-refractivity contribution is 5.52. The third kappa shape index (κ3) is 3.12. The van der Waals surface area contributed by atoms with Crippen LogP contribution in [0.1, 0.15) is 18.4 Å². The summed E-state index contributed by atoms with van der Waals surface area (Å²) in [5.74, 6) is 0. The third-order valence-corrected chi connectivity index (χ3v) is 2.78. The first kappa shape index (κ1) is 12.2. The predicted octanol–water partition coefficient (Wildman–Crippen LogP) is 3.30. The van der Waals surface area contributed by atoms with Crippen LogP contribution in [0.15, 0.2) is 24.3 Å². The first-order valence-electron chi connectivity index (χ1n) is 5.59. The molecule has 0 aromatic heterocycles. The van der Waals surface area contributed by atoms with Crippen LogP contribution in [-0.2, 0) is 10.9 Å². The largest absolute Gasteiger partial charge is 0.418 e. The van der Waals surface area contributed by atoms with E-state index in [0.717, 1.165) is 18.9 Å². The fourth-order valence-corrected chi connectivity index (χ4v) is 1.91. The molecule has 0 amide bonds. The number of hydrogen-bond acceptors (Lipinski definition) is 2. The second-order valence-corrected chi connectivity index (χ2v) is 4.06. The SMILES string of the molecule is FC(F)(F)c1ccccc1NCC1CCCO1. The molecular weight excluding hydrogens is 231 g/mol. The summed E-state index contributed by atoms with van der Waals surface area (Å²) in [5, 5.41) is 2.82. The number of para-hydroxylation sites is 1. The number of ether oxygens (including phenoxy) is 1. The molecule has 1 aliphatic heterocycles. The first-order valence-corrected chi connectivity index (χ1v) is 5.59. The Labute approximate surface area is 97.8 Å². The Bertz CT molecular complexity index is 372. The fraction of sp³-hybridized carbons (Fsp3) is 0.500. The molecule has 1 N–H and O–H groups in total. The van der Waals surface area contributed by atoms with E-state index >= 15 is 0 Å². The zero-order valence-corrected chi connectivity index (χ0v) is 9.26. The minimum atomic E-state index is -4.32. The van der Waals surface area contributed by atoms with Gasteiger partial charge in [0.25, 0.3) is 0 Å². The van der Waals surface area contributed by atoms with Crippen LogP contribution in [0.2, 0.25) is 0 Å². The standard InChI is InChI=1S/C12H14F3NO/c13-12(14,15)10-5-1-2-6-11(10)16-8-9-4-3-7-17-9/h1-2,5-6,9,16H,3-4,7-8H2. The molecule has 17 heavy (non-hydrogen) atoms. The molecule has 1 aromatic carbocycles. The molecule has 0 radical (unpaired) electrons. The van der Waals surface area contributed by atoms with Crippen LogP contribution in [0, 0.1) is 0 Å². The average Bonchev–Trinajstić information content (AvgIpc) is 2.78. The van der Waals surface area contributed by atoms with Gasteiger partial charge in [0.2, 0.25) is 0 Å². The third-order valence-electron chi connectivity index (χ3n) is 2.78. The molecule has 94 valence electrons. The quantitative estimate of drug-likeness (QED) is 0.882. The molecule has 0 bridgehead atoms. The van der Waals surface area contributed by atoms with E-state index in [-0.39, 0.29) is 11.8 Å². The van der Waals surface area contributed by atoms with Crippen molar-refractivity contribution >= 4 is 5.69 Å². The molecule has 1 aliphatic rings. The van der Waals surface area contributed by atoms with E-state index < -0.39 is 11.7 Å². The number of alkyl halides is 3. The van der Waals surface area contributed by atoms with Crippen LogP contribution in [-0.4, -0.2) is 19.3 Å². The Morgan fingerprint density at radius 1 is 1.29 bits per heavy atom. The normalized spacial score (nSPS) is 20.5. The lowest BCUT2D eigenvalue weighted by Gasteiger charge is -2.16. The summed E-state index contributed by atoms with van der Waals surface area (Å²) in [7, 11) is 0. The molecule has 1 aromatic rings. The highest BCUT2D eigenvalue weighted by atomic mass is 19.4. The predicted molar refractivity (Wildman–Crippen MR) is 58.9 cm³/mol. The van der Waals surface area contributed by atoms with E-state index in [0.29, 0.717) is 13.2 Å². The van der Waals surface area contributed by atoms with Gasteiger partial charge >= 0.3 is 6.18 Å². The maximum absolute atomic E-state index is 12.7. The molecule has 1 unspecified atom stereocenters. The Morgan fingerprint density at radius 2 is 2.06 bits per heavy atom. The number of anilines is 1. The molecule has 1 fully saturated rings. The summed E-state index contributed by atoms with van der Waals surface area (Å²) in [6.07, 6.45) is -2.41. The Balaban J connectivity index is 2.04. The van der Waals surface area contributed by atoms with Gasteiger partial charge in [0.15, 0.2) is 0 Å². The summed E-state index contributed by atoms with van der Waals surface area (Å²) in [4.78, 5) is 0. The van der Waals surface area contributed by atoms with Crippen LogP contribution in [0.25, 0.3) is 0 Å². The number of hydrogen-bond donors (Lipinski definition) is 1. The number of halogens is 3. The number of benzene rings is 1. The maximum Gasteiger partial charge on any atom is 0.418 e. The van der Waals surface area contributed by atoms with E-state index in [1.807, 2.05) is 0 Å². The van der Waals surface area contributed by atoms with Gasteiger partial charge in [-0.3, -0.25) is 0 Å². The zero-order valence-electron chi connectivity index (χ0n) is 9.26. The highest BCUT2D eigenvalue weighted by Gasteiger charge is 2.33. The van der Waals surface area contributed by atoms with Gasteiger partial charge in [0.1, 0.15) is 0 Å². The van der Waals surface area contributed by atoms with Crippen molar-refractivity contribution in [1.82, 2.24) is 0 Å². The van der Waals surface area contributed by atoms with Gasteiger partial charge in [0, 0.05) is 18.8 Å². The van der Waals surface area contributed by atoms with Gasteiger partial charge in [-0.1, -0.05) is 12.1 Å². The Hall–Kier alpha value is -1.23. The molecule has 0 saturated carbocycles. The van der Waals surface area contributed by atoms with Crippen LogP contribution in [0.4, 0.5) is 18.9 Å². The first-order chi connectivity index (χ1) is 8.07. The highest BCUT2D eigenvalue weighted by Crippen LogP contribution is 2.34. The minimum Gasteiger partial charge on any atom is -0.382 e. The van der Waals surface area contributed by atoms with Crippen molar-refractivity contribution in [3.63, 3.8) is 0 Å². The second kappa shape index (κ2) is 4.96. The minimum absolute atomic E-state index is 0.0243. The molecular formula is C12H14F3NO.